The van der Waals surface area contributed by atoms with Gasteiger partial charge >= 0.3 is 12.1 Å². The first-order valence-electron chi connectivity index (χ1n) is 7.31. The van der Waals surface area contributed by atoms with Crippen molar-refractivity contribution in [2.45, 2.75) is 24.9 Å². The Morgan fingerprint density at radius 1 is 1.36 bits per heavy atom. The number of hydrogen-bond acceptors (Lipinski definition) is 5. The van der Waals surface area contributed by atoms with E-state index in [1.54, 1.807) is 13.8 Å². The third-order valence-corrected chi connectivity index (χ3v) is 4.67. The van der Waals surface area contributed by atoms with E-state index in [9.17, 15) is 22.2 Å². The van der Waals surface area contributed by atoms with E-state index in [4.69, 9.17) is 10.5 Å². The molecule has 1 heterocycles. The fourth-order valence-corrected chi connectivity index (χ4v) is 3.08. The number of hydrogen-bond donors (Lipinski definition) is 1. The fourth-order valence-electron chi connectivity index (χ4n) is 2.12. The molecule has 0 saturated heterocycles. The number of nitrogens with two attached hydrogens (primary N) is 1. The van der Waals surface area contributed by atoms with Crippen LogP contribution in [-0.4, -0.2) is 32.3 Å². The maximum Gasteiger partial charge on any atom is 0.416 e. The topological polar surface area (TPSA) is 87.2 Å². The minimum atomic E-state index is -4.57. The van der Waals surface area contributed by atoms with E-state index in [0.29, 0.717) is 0 Å². The summed E-state index contributed by atoms with van der Waals surface area (Å²) in [4.78, 5) is 11.7. The molecule has 0 amide bonds. The van der Waals surface area contributed by atoms with E-state index < -0.39 is 28.5 Å². The van der Waals surface area contributed by atoms with E-state index in [2.05, 4.69) is 5.10 Å². The molecule has 25 heavy (non-hydrogen) atoms. The zero-order chi connectivity index (χ0) is 18.8. The van der Waals surface area contributed by atoms with Gasteiger partial charge in [-0.25, -0.2) is 9.48 Å². The molecule has 0 aliphatic heterocycles. The van der Waals surface area contributed by atoms with Crippen molar-refractivity contribution in [2.24, 2.45) is 0 Å². The highest BCUT2D eigenvalue weighted by atomic mass is 32.2. The largest absolute Gasteiger partial charge is 0.462 e. The van der Waals surface area contributed by atoms with Gasteiger partial charge in [0, 0.05) is 5.75 Å². The predicted octanol–water partition coefficient (Wildman–Crippen LogP) is 2.78. The fraction of sp³-hybridized carbons (Fsp3) is 0.333. The number of carbonyl (C=O) groups excluding carboxylic acids is 1. The summed E-state index contributed by atoms with van der Waals surface area (Å²) in [5, 5.41) is 3.93. The van der Waals surface area contributed by atoms with Crippen LogP contribution in [0.1, 0.15) is 29.8 Å². The molecule has 0 bridgehead atoms. The summed E-state index contributed by atoms with van der Waals surface area (Å²) in [5.74, 6) is -0.691. The zero-order valence-electron chi connectivity index (χ0n) is 13.5. The van der Waals surface area contributed by atoms with Crippen molar-refractivity contribution in [3.8, 4) is 5.69 Å². The average Bonchev–Trinajstić information content (AvgIpc) is 2.94. The quantitative estimate of drug-likeness (QED) is 0.812. The number of esters is 1. The van der Waals surface area contributed by atoms with Crippen molar-refractivity contribution in [3.63, 3.8) is 0 Å². The van der Waals surface area contributed by atoms with Crippen LogP contribution in [0.2, 0.25) is 0 Å². The maximum absolute atomic E-state index is 12.9. The number of anilines is 1. The SMILES string of the molecule is CCOC(=O)c1cnn(-c2ccc(C(F)(F)F)cc2S(=O)CC)c1N. The van der Waals surface area contributed by atoms with Gasteiger partial charge in [-0.3, -0.25) is 4.21 Å². The summed E-state index contributed by atoms with van der Waals surface area (Å²) in [6.45, 7) is 3.34. The molecule has 6 nitrogen and oxygen atoms in total. The van der Waals surface area contributed by atoms with Gasteiger partial charge in [0.15, 0.2) is 0 Å². The molecule has 1 unspecified atom stereocenters. The molecule has 2 rings (SSSR count). The summed E-state index contributed by atoms with van der Waals surface area (Å²) in [5.41, 5.74) is 5.05. The lowest BCUT2D eigenvalue weighted by atomic mass is 10.2. The second kappa shape index (κ2) is 7.26. The van der Waals surface area contributed by atoms with Gasteiger partial charge in [0.1, 0.15) is 11.4 Å². The van der Waals surface area contributed by atoms with Gasteiger partial charge in [-0.05, 0) is 25.1 Å². The van der Waals surface area contributed by atoms with Crippen molar-refractivity contribution in [3.05, 3.63) is 35.5 Å². The van der Waals surface area contributed by atoms with Crippen LogP contribution in [0.3, 0.4) is 0 Å². The maximum atomic E-state index is 12.9. The van der Waals surface area contributed by atoms with E-state index in [0.717, 1.165) is 29.1 Å². The molecule has 0 aliphatic rings. The third kappa shape index (κ3) is 3.84. The number of benzene rings is 1. The second-order valence-corrected chi connectivity index (χ2v) is 6.60. The summed E-state index contributed by atoms with van der Waals surface area (Å²) < 4.78 is 56.9. The van der Waals surface area contributed by atoms with Crippen molar-refractivity contribution in [2.75, 3.05) is 18.1 Å². The van der Waals surface area contributed by atoms with Crippen LogP contribution in [0.5, 0.6) is 0 Å². The zero-order valence-corrected chi connectivity index (χ0v) is 14.3. The Kier molecular flexibility index (Phi) is 5.51. The van der Waals surface area contributed by atoms with E-state index in [1.807, 2.05) is 0 Å². The Morgan fingerprint density at radius 2 is 2.04 bits per heavy atom. The summed E-state index contributed by atoms with van der Waals surface area (Å²) in [6, 6.07) is 2.78. The molecule has 0 fully saturated rings. The molecule has 0 saturated carbocycles. The van der Waals surface area contributed by atoms with E-state index in [-0.39, 0.29) is 34.3 Å². The minimum Gasteiger partial charge on any atom is -0.462 e. The van der Waals surface area contributed by atoms with Crippen LogP contribution in [0.15, 0.2) is 29.3 Å². The Morgan fingerprint density at radius 3 is 2.60 bits per heavy atom. The second-order valence-electron chi connectivity index (χ2n) is 4.89. The monoisotopic (exact) mass is 375 g/mol. The lowest BCUT2D eigenvalue weighted by molar-refractivity contribution is -0.137. The third-order valence-electron chi connectivity index (χ3n) is 3.32. The molecular formula is C15H16F3N3O3S. The first-order chi connectivity index (χ1) is 11.7. The predicted molar refractivity (Wildman–Crippen MR) is 85.9 cm³/mol. The number of nitrogens with zero attached hydrogens (tertiary/aromatic N) is 2. The van der Waals surface area contributed by atoms with Crippen molar-refractivity contribution < 1.29 is 26.9 Å². The van der Waals surface area contributed by atoms with Gasteiger partial charge in [-0.2, -0.15) is 18.3 Å². The number of halogens is 3. The van der Waals surface area contributed by atoms with Crippen molar-refractivity contribution in [1.29, 1.82) is 0 Å². The molecular weight excluding hydrogens is 359 g/mol. The highest BCUT2D eigenvalue weighted by molar-refractivity contribution is 7.85. The molecule has 1 aromatic carbocycles. The van der Waals surface area contributed by atoms with E-state index >= 15 is 0 Å². The van der Waals surface area contributed by atoms with Crippen LogP contribution in [0.25, 0.3) is 5.69 Å². The van der Waals surface area contributed by atoms with E-state index in [1.165, 1.54) is 0 Å². The van der Waals surface area contributed by atoms with Gasteiger partial charge in [0.25, 0.3) is 0 Å². The summed E-state index contributed by atoms with van der Waals surface area (Å²) in [7, 11) is -1.69. The molecule has 2 aromatic rings. The first kappa shape index (κ1) is 19.0. The highest BCUT2D eigenvalue weighted by Crippen LogP contribution is 2.33. The van der Waals surface area contributed by atoms with Crippen molar-refractivity contribution in [1.82, 2.24) is 9.78 Å². The molecule has 0 spiro atoms. The Bertz CT molecular complexity index is 818. The number of nitrogen functional groups attached to an aromatic ring is 1. The van der Waals surface area contributed by atoms with Crippen LogP contribution < -0.4 is 5.73 Å². The van der Waals surface area contributed by atoms with Crippen molar-refractivity contribution >= 4 is 22.6 Å². The molecule has 1 aromatic heterocycles. The van der Waals surface area contributed by atoms with Crippen LogP contribution in [0.4, 0.5) is 19.0 Å². The van der Waals surface area contributed by atoms with Gasteiger partial charge in [-0.1, -0.05) is 6.92 Å². The molecule has 2 N–H and O–H groups in total. The number of alkyl halides is 3. The van der Waals surface area contributed by atoms with Crippen LogP contribution >= 0.6 is 0 Å². The first-order valence-corrected chi connectivity index (χ1v) is 8.63. The summed E-state index contributed by atoms with van der Waals surface area (Å²) in [6.07, 6.45) is -3.42. The normalized spacial score (nSPS) is 12.8. The minimum absolute atomic E-state index is 0.0185. The van der Waals surface area contributed by atoms with Crippen LogP contribution in [-0.2, 0) is 21.7 Å². The Labute approximate surface area is 144 Å². The highest BCUT2D eigenvalue weighted by Gasteiger charge is 2.32. The Hall–Kier alpha value is -2.36. The van der Waals surface area contributed by atoms with Gasteiger partial charge in [0.05, 0.1) is 39.7 Å². The lowest BCUT2D eigenvalue weighted by Crippen LogP contribution is -2.12. The molecule has 136 valence electrons. The standard InChI is InChI=1S/C15H16F3N3O3S/c1-3-24-14(22)10-8-20-21(13(10)19)11-6-5-9(15(16,17)18)7-12(11)25(23)4-2/h5-8H,3-4,19H2,1-2H3. The van der Waals surface area contributed by atoms with Crippen LogP contribution in [0, 0.1) is 0 Å². The average molecular weight is 375 g/mol. The molecule has 1 atom stereocenters. The Balaban J connectivity index is 2.59. The number of ether oxygens (including phenoxy) is 1. The smallest absolute Gasteiger partial charge is 0.416 e. The number of carbonyl (C=O) groups is 1. The van der Waals surface area contributed by atoms with Gasteiger partial charge < -0.3 is 10.5 Å². The molecule has 0 radical (unpaired) electrons. The lowest BCUT2D eigenvalue weighted by Gasteiger charge is -2.14. The van der Waals surface area contributed by atoms with Gasteiger partial charge in [0.2, 0.25) is 0 Å². The number of aromatic nitrogens is 2. The summed E-state index contributed by atoms with van der Waals surface area (Å²) >= 11 is 0. The molecule has 0 aliphatic carbocycles. The van der Waals surface area contributed by atoms with Gasteiger partial charge in [-0.15, -0.1) is 0 Å². The number of rotatable bonds is 5. The molecule has 10 heteroatoms.